The largest absolute Gasteiger partial charge is 0.478 e. The van der Waals surface area contributed by atoms with Crippen molar-refractivity contribution in [3.63, 3.8) is 0 Å². The standard InChI is InChI=1S/C15H22O3/c1-10(12(16)17)11-5-8-13(2)6-4-7-14(3)15(13,9-11)18-14/h11H,1,4-9H2,2-3H3,(H,16,17)/t11-,13-,14+,15-/m1/s1. The van der Waals surface area contributed by atoms with Gasteiger partial charge in [0.2, 0.25) is 0 Å². The highest BCUT2D eigenvalue weighted by Gasteiger charge is 2.76. The van der Waals surface area contributed by atoms with Crippen LogP contribution in [-0.4, -0.2) is 22.3 Å². The van der Waals surface area contributed by atoms with Crippen LogP contribution in [0.15, 0.2) is 12.2 Å². The van der Waals surface area contributed by atoms with Gasteiger partial charge < -0.3 is 9.84 Å². The summed E-state index contributed by atoms with van der Waals surface area (Å²) >= 11 is 0. The maximum atomic E-state index is 11.1. The van der Waals surface area contributed by atoms with Gasteiger partial charge in [0.05, 0.1) is 5.60 Å². The van der Waals surface area contributed by atoms with Gasteiger partial charge in [0.25, 0.3) is 0 Å². The first-order valence-corrected chi connectivity index (χ1v) is 6.96. The Kier molecular flexibility index (Phi) is 2.30. The van der Waals surface area contributed by atoms with Gasteiger partial charge in [-0.3, -0.25) is 0 Å². The van der Waals surface area contributed by atoms with Crippen LogP contribution in [0.1, 0.15) is 52.4 Å². The molecule has 3 rings (SSSR count). The van der Waals surface area contributed by atoms with E-state index in [2.05, 4.69) is 20.4 Å². The Morgan fingerprint density at radius 2 is 2.06 bits per heavy atom. The van der Waals surface area contributed by atoms with Crippen LogP contribution in [0.4, 0.5) is 0 Å². The zero-order valence-corrected chi connectivity index (χ0v) is 11.3. The monoisotopic (exact) mass is 250 g/mol. The maximum absolute atomic E-state index is 11.1. The number of carboxylic acid groups (broad SMARTS) is 1. The second kappa shape index (κ2) is 3.38. The average Bonchev–Trinajstić information content (AvgIpc) is 2.91. The van der Waals surface area contributed by atoms with Crippen molar-refractivity contribution in [2.24, 2.45) is 11.3 Å². The molecule has 3 aliphatic rings. The summed E-state index contributed by atoms with van der Waals surface area (Å²) in [6, 6.07) is 0. The van der Waals surface area contributed by atoms with Crippen molar-refractivity contribution >= 4 is 5.97 Å². The maximum Gasteiger partial charge on any atom is 0.331 e. The molecule has 3 nitrogen and oxygen atoms in total. The molecule has 0 bridgehead atoms. The third-order valence-electron chi connectivity index (χ3n) is 5.92. The van der Waals surface area contributed by atoms with E-state index in [4.69, 9.17) is 9.84 Å². The lowest BCUT2D eigenvalue weighted by molar-refractivity contribution is -0.133. The number of rotatable bonds is 2. The summed E-state index contributed by atoms with van der Waals surface area (Å²) in [5, 5.41) is 9.12. The molecular formula is C15H22O3. The zero-order valence-electron chi connectivity index (χ0n) is 11.3. The van der Waals surface area contributed by atoms with E-state index in [0.29, 0.717) is 5.57 Å². The van der Waals surface area contributed by atoms with Crippen LogP contribution in [0.2, 0.25) is 0 Å². The van der Waals surface area contributed by atoms with Gasteiger partial charge >= 0.3 is 5.97 Å². The van der Waals surface area contributed by atoms with E-state index >= 15 is 0 Å². The topological polar surface area (TPSA) is 49.8 Å². The van der Waals surface area contributed by atoms with E-state index in [-0.39, 0.29) is 22.5 Å². The Labute approximate surface area is 108 Å². The molecule has 0 aromatic heterocycles. The van der Waals surface area contributed by atoms with Crippen LogP contribution in [0.3, 0.4) is 0 Å². The van der Waals surface area contributed by atoms with Crippen LogP contribution in [0.25, 0.3) is 0 Å². The summed E-state index contributed by atoms with van der Waals surface area (Å²) in [6.45, 7) is 8.29. The van der Waals surface area contributed by atoms with Gasteiger partial charge in [-0.15, -0.1) is 0 Å². The summed E-state index contributed by atoms with van der Waals surface area (Å²) in [5.41, 5.74) is 0.543. The average molecular weight is 250 g/mol. The van der Waals surface area contributed by atoms with Crippen LogP contribution >= 0.6 is 0 Å². The summed E-state index contributed by atoms with van der Waals surface area (Å²) in [5.74, 6) is -0.756. The number of hydrogen-bond acceptors (Lipinski definition) is 2. The Morgan fingerprint density at radius 1 is 1.33 bits per heavy atom. The molecule has 3 heteroatoms. The molecule has 1 aliphatic heterocycles. The highest BCUT2D eigenvalue weighted by atomic mass is 16.6. The molecule has 2 aliphatic carbocycles. The number of carboxylic acids is 1. The molecule has 100 valence electrons. The smallest absolute Gasteiger partial charge is 0.331 e. The minimum Gasteiger partial charge on any atom is -0.478 e. The predicted molar refractivity (Wildman–Crippen MR) is 68.3 cm³/mol. The Bertz CT molecular complexity index is 429. The lowest BCUT2D eigenvalue weighted by Gasteiger charge is -2.47. The quantitative estimate of drug-likeness (QED) is 0.605. The van der Waals surface area contributed by atoms with Crippen molar-refractivity contribution < 1.29 is 14.6 Å². The number of aliphatic carboxylic acids is 1. The Hall–Kier alpha value is -0.830. The SMILES string of the molecule is C=C(C(=O)O)[C@@H]1CC[C@@]2(C)CCC[C@]3(C)O[C@]23C1. The molecule has 1 heterocycles. The lowest BCUT2D eigenvalue weighted by atomic mass is 9.54. The Morgan fingerprint density at radius 3 is 2.72 bits per heavy atom. The van der Waals surface area contributed by atoms with Crippen molar-refractivity contribution in [1.29, 1.82) is 0 Å². The van der Waals surface area contributed by atoms with Crippen molar-refractivity contribution in [1.82, 2.24) is 0 Å². The fourth-order valence-electron chi connectivity index (χ4n) is 4.64. The molecular weight excluding hydrogens is 228 g/mol. The molecule has 1 N–H and O–H groups in total. The second-order valence-corrected chi connectivity index (χ2v) is 6.84. The molecule has 0 aromatic carbocycles. The second-order valence-electron chi connectivity index (χ2n) is 6.84. The summed E-state index contributed by atoms with van der Waals surface area (Å²) in [7, 11) is 0. The van der Waals surface area contributed by atoms with Crippen molar-refractivity contribution in [3.05, 3.63) is 12.2 Å². The molecule has 3 fully saturated rings. The number of epoxide rings is 1. The van der Waals surface area contributed by atoms with Crippen LogP contribution in [0, 0.1) is 11.3 Å². The number of hydrogen-bond donors (Lipinski definition) is 1. The molecule has 1 saturated heterocycles. The van der Waals surface area contributed by atoms with Gasteiger partial charge in [0.1, 0.15) is 5.60 Å². The van der Waals surface area contributed by atoms with Crippen molar-refractivity contribution in [3.8, 4) is 0 Å². The number of ether oxygens (including phenoxy) is 1. The van der Waals surface area contributed by atoms with Gasteiger partial charge in [-0.25, -0.2) is 4.79 Å². The summed E-state index contributed by atoms with van der Waals surface area (Å²) < 4.78 is 6.19. The highest BCUT2D eigenvalue weighted by Crippen LogP contribution is 2.71. The normalized spacial score (nSPS) is 50.0. The van der Waals surface area contributed by atoms with E-state index in [0.717, 1.165) is 25.7 Å². The first kappa shape index (κ1) is 12.2. The van der Waals surface area contributed by atoms with Crippen LogP contribution in [-0.2, 0) is 9.53 Å². The van der Waals surface area contributed by atoms with Gasteiger partial charge in [-0.1, -0.05) is 13.5 Å². The van der Waals surface area contributed by atoms with Crippen LogP contribution < -0.4 is 0 Å². The van der Waals surface area contributed by atoms with Gasteiger partial charge in [-0.05, 0) is 56.8 Å². The molecule has 0 aromatic rings. The first-order valence-electron chi connectivity index (χ1n) is 6.96. The molecule has 1 spiro atoms. The number of carbonyl (C=O) groups is 1. The lowest BCUT2D eigenvalue weighted by Crippen LogP contribution is -2.49. The highest BCUT2D eigenvalue weighted by molar-refractivity contribution is 5.86. The van der Waals surface area contributed by atoms with Gasteiger partial charge in [0, 0.05) is 5.57 Å². The van der Waals surface area contributed by atoms with E-state index in [1.807, 2.05) is 0 Å². The van der Waals surface area contributed by atoms with Crippen molar-refractivity contribution in [2.75, 3.05) is 0 Å². The van der Waals surface area contributed by atoms with Crippen molar-refractivity contribution in [2.45, 2.75) is 63.6 Å². The fraction of sp³-hybridized carbons (Fsp3) is 0.800. The summed E-state index contributed by atoms with van der Waals surface area (Å²) in [4.78, 5) is 11.1. The Balaban J connectivity index is 1.87. The molecule has 0 radical (unpaired) electrons. The van der Waals surface area contributed by atoms with E-state index in [9.17, 15) is 4.79 Å². The predicted octanol–water partition coefficient (Wildman–Crippen LogP) is 3.15. The van der Waals surface area contributed by atoms with E-state index < -0.39 is 5.97 Å². The zero-order chi connectivity index (χ0) is 13.2. The van der Waals surface area contributed by atoms with E-state index in [1.165, 1.54) is 12.8 Å². The summed E-state index contributed by atoms with van der Waals surface area (Å²) in [6.07, 6.45) is 6.44. The molecule has 4 atom stereocenters. The van der Waals surface area contributed by atoms with Gasteiger partial charge in [-0.2, -0.15) is 0 Å². The minimum atomic E-state index is -0.849. The fourth-order valence-corrected chi connectivity index (χ4v) is 4.64. The van der Waals surface area contributed by atoms with Gasteiger partial charge in [0.15, 0.2) is 0 Å². The third-order valence-corrected chi connectivity index (χ3v) is 5.92. The first-order chi connectivity index (χ1) is 8.34. The van der Waals surface area contributed by atoms with E-state index in [1.54, 1.807) is 0 Å². The molecule has 0 unspecified atom stereocenters. The molecule has 0 amide bonds. The minimum absolute atomic E-state index is 0.00253. The molecule has 2 saturated carbocycles. The molecule has 18 heavy (non-hydrogen) atoms. The van der Waals surface area contributed by atoms with Crippen LogP contribution in [0.5, 0.6) is 0 Å². The third kappa shape index (κ3) is 1.31.